The average Bonchev–Trinajstić information content (AvgIpc) is 2.61. The predicted molar refractivity (Wildman–Crippen MR) is 127 cm³/mol. The number of hydrogen-bond donors (Lipinski definition) is 1. The monoisotopic (exact) mass is 630 g/mol. The second-order valence-electron chi connectivity index (χ2n) is 8.83. The number of H-pyrrole nitrogens is 1. The van der Waals surface area contributed by atoms with E-state index in [9.17, 15) is 22.8 Å². The number of fused-ring (bicyclic) bond motifs is 1. The zero-order valence-electron chi connectivity index (χ0n) is 18.1. The summed E-state index contributed by atoms with van der Waals surface area (Å²) in [5.41, 5.74) is -1.89. The summed E-state index contributed by atoms with van der Waals surface area (Å²) >= 11 is 4.78. The largest absolute Gasteiger partial charge is 0.444 e. The summed E-state index contributed by atoms with van der Waals surface area (Å²) in [6.45, 7) is 9.54. The van der Waals surface area contributed by atoms with Crippen molar-refractivity contribution in [3.63, 3.8) is 0 Å². The second kappa shape index (κ2) is 8.65. The molecule has 0 radical (unpaired) electrons. The van der Waals surface area contributed by atoms with Gasteiger partial charge in [0.05, 0.1) is 26.7 Å². The molecule has 1 aliphatic heterocycles. The SMILES string of the molecule is C[C@@H]1CN(c2nc(=O)[nH]c3c(I)c(Br)c(C(F)(F)F)cc23)C[C@H](C)N1C(=O)OC(C)(C)C. The van der Waals surface area contributed by atoms with Crippen LogP contribution in [0.1, 0.15) is 40.2 Å². The van der Waals surface area contributed by atoms with E-state index in [1.165, 1.54) is 0 Å². The van der Waals surface area contributed by atoms with Crippen molar-refractivity contribution in [2.45, 2.75) is 58.5 Å². The lowest BCUT2D eigenvalue weighted by molar-refractivity contribution is -0.138. The molecule has 12 heteroatoms. The number of aromatic amines is 1. The number of alkyl halides is 3. The van der Waals surface area contributed by atoms with Crippen molar-refractivity contribution < 1.29 is 22.7 Å². The van der Waals surface area contributed by atoms with Gasteiger partial charge in [-0.3, -0.25) is 4.90 Å². The fraction of sp³-hybridized carbons (Fsp3) is 0.550. The maximum Gasteiger partial charge on any atom is 0.417 e. The number of nitrogens with zero attached hydrogens (tertiary/aromatic N) is 3. The molecule has 0 saturated carbocycles. The van der Waals surface area contributed by atoms with Gasteiger partial charge in [-0.25, -0.2) is 9.59 Å². The first-order valence-electron chi connectivity index (χ1n) is 9.85. The molecule has 0 spiro atoms. The Kier molecular flexibility index (Phi) is 6.78. The summed E-state index contributed by atoms with van der Waals surface area (Å²) < 4.78 is 46.4. The third-order valence-corrected chi connectivity index (χ3v) is 7.66. The van der Waals surface area contributed by atoms with Crippen LogP contribution in [0.2, 0.25) is 0 Å². The van der Waals surface area contributed by atoms with E-state index in [0.717, 1.165) is 6.07 Å². The number of benzene rings is 1. The minimum Gasteiger partial charge on any atom is -0.444 e. The van der Waals surface area contributed by atoms with E-state index in [1.54, 1.807) is 53.2 Å². The van der Waals surface area contributed by atoms with Crippen LogP contribution in [0.5, 0.6) is 0 Å². The number of ether oxygens (including phenoxy) is 1. The molecular formula is C20H23BrF3IN4O3. The number of halogens is 5. The van der Waals surface area contributed by atoms with E-state index < -0.39 is 29.1 Å². The van der Waals surface area contributed by atoms with Gasteiger partial charge in [0.1, 0.15) is 11.4 Å². The molecule has 32 heavy (non-hydrogen) atoms. The summed E-state index contributed by atoms with van der Waals surface area (Å²) in [7, 11) is 0. The van der Waals surface area contributed by atoms with Crippen LogP contribution in [0, 0.1) is 3.57 Å². The maximum atomic E-state index is 13.6. The summed E-state index contributed by atoms with van der Waals surface area (Å²) in [5.74, 6) is 0.155. The van der Waals surface area contributed by atoms with Gasteiger partial charge >= 0.3 is 18.0 Å². The molecule has 1 amide bonds. The van der Waals surface area contributed by atoms with Crippen molar-refractivity contribution in [2.75, 3.05) is 18.0 Å². The molecule has 1 fully saturated rings. The average molecular weight is 631 g/mol. The minimum atomic E-state index is -4.59. The lowest BCUT2D eigenvalue weighted by Crippen LogP contribution is -2.59. The third-order valence-electron chi connectivity index (χ3n) is 5.02. The van der Waals surface area contributed by atoms with Gasteiger partial charge in [0, 0.05) is 22.9 Å². The van der Waals surface area contributed by atoms with E-state index >= 15 is 0 Å². The van der Waals surface area contributed by atoms with Gasteiger partial charge in [0.25, 0.3) is 0 Å². The van der Waals surface area contributed by atoms with Crippen LogP contribution in [-0.2, 0) is 10.9 Å². The smallest absolute Gasteiger partial charge is 0.417 e. The fourth-order valence-corrected chi connectivity index (χ4v) is 5.09. The molecule has 0 bridgehead atoms. The molecule has 1 aliphatic rings. The van der Waals surface area contributed by atoms with E-state index in [2.05, 4.69) is 25.9 Å². The maximum absolute atomic E-state index is 13.6. The first-order chi connectivity index (χ1) is 14.6. The molecule has 7 nitrogen and oxygen atoms in total. The van der Waals surface area contributed by atoms with Gasteiger partial charge in [-0.1, -0.05) is 0 Å². The highest BCUT2D eigenvalue weighted by Gasteiger charge is 2.38. The number of anilines is 1. The molecule has 1 aromatic heterocycles. The molecule has 1 N–H and O–H groups in total. The highest BCUT2D eigenvalue weighted by molar-refractivity contribution is 14.1. The van der Waals surface area contributed by atoms with Crippen molar-refractivity contribution in [3.8, 4) is 0 Å². The fourth-order valence-electron chi connectivity index (χ4n) is 3.83. The van der Waals surface area contributed by atoms with E-state index in [1.807, 2.05) is 13.8 Å². The Bertz CT molecular complexity index is 1100. The van der Waals surface area contributed by atoms with Crippen LogP contribution in [0.4, 0.5) is 23.8 Å². The number of nitrogens with one attached hydrogen (secondary N) is 1. The van der Waals surface area contributed by atoms with E-state index in [-0.39, 0.29) is 49.9 Å². The zero-order chi connectivity index (χ0) is 24.2. The third kappa shape index (κ3) is 5.00. The van der Waals surface area contributed by atoms with Crippen LogP contribution in [0.25, 0.3) is 10.9 Å². The lowest BCUT2D eigenvalue weighted by atomic mass is 10.1. The summed E-state index contributed by atoms with van der Waals surface area (Å²) in [4.78, 5) is 34.8. The van der Waals surface area contributed by atoms with Gasteiger partial charge < -0.3 is 14.6 Å². The van der Waals surface area contributed by atoms with Crippen LogP contribution in [0.3, 0.4) is 0 Å². The van der Waals surface area contributed by atoms with Gasteiger partial charge in [-0.05, 0) is 79.2 Å². The lowest BCUT2D eigenvalue weighted by Gasteiger charge is -2.45. The Labute approximate surface area is 205 Å². The minimum absolute atomic E-state index is 0.137. The van der Waals surface area contributed by atoms with Gasteiger partial charge in [0.15, 0.2) is 0 Å². The molecule has 0 aliphatic carbocycles. The quantitative estimate of drug-likeness (QED) is 0.442. The molecular weight excluding hydrogens is 608 g/mol. The Morgan fingerprint density at radius 3 is 2.31 bits per heavy atom. The number of carbonyl (C=O) groups excluding carboxylic acids is 1. The van der Waals surface area contributed by atoms with Crippen molar-refractivity contribution >= 4 is 61.3 Å². The van der Waals surface area contributed by atoms with Crippen LogP contribution >= 0.6 is 38.5 Å². The molecule has 3 rings (SSSR count). The Morgan fingerprint density at radius 2 is 1.81 bits per heavy atom. The summed E-state index contributed by atoms with van der Waals surface area (Å²) in [6, 6.07) is 0.359. The number of hydrogen-bond acceptors (Lipinski definition) is 5. The van der Waals surface area contributed by atoms with E-state index in [0.29, 0.717) is 0 Å². The predicted octanol–water partition coefficient (Wildman–Crippen LogP) is 5.14. The number of amides is 1. The first-order valence-corrected chi connectivity index (χ1v) is 11.7. The Hall–Kier alpha value is -1.57. The summed E-state index contributed by atoms with van der Waals surface area (Å²) in [6.07, 6.45) is -5.05. The van der Waals surface area contributed by atoms with Crippen molar-refractivity contribution in [2.24, 2.45) is 0 Å². The first kappa shape index (κ1) is 25.1. The van der Waals surface area contributed by atoms with Crippen molar-refractivity contribution in [1.82, 2.24) is 14.9 Å². The van der Waals surface area contributed by atoms with Crippen LogP contribution < -0.4 is 10.6 Å². The Morgan fingerprint density at radius 1 is 1.25 bits per heavy atom. The highest BCUT2D eigenvalue weighted by atomic mass is 127. The van der Waals surface area contributed by atoms with Crippen molar-refractivity contribution in [3.05, 3.63) is 30.2 Å². The highest BCUT2D eigenvalue weighted by Crippen LogP contribution is 2.41. The molecule has 2 atom stereocenters. The number of piperazine rings is 1. The Balaban J connectivity index is 2.06. The molecule has 176 valence electrons. The van der Waals surface area contributed by atoms with Crippen LogP contribution in [-0.4, -0.2) is 51.7 Å². The molecule has 2 aromatic rings. The number of aromatic nitrogens is 2. The molecule has 1 saturated heterocycles. The zero-order valence-corrected chi connectivity index (χ0v) is 21.8. The molecule has 2 heterocycles. The molecule has 1 aromatic carbocycles. The standard InChI is InChI=1S/C20H23BrF3IN4O3/c1-9-7-28(8-10(2)29(9)18(31)32-19(3,4)5)16-11-6-12(20(22,23)24)13(21)14(25)15(11)26-17(30)27-16/h6,9-10H,7-8H2,1-5H3,(H,26,27,30)/t9-,10+. The topological polar surface area (TPSA) is 78.5 Å². The normalized spacial score (nSPS) is 20.1. The van der Waals surface area contributed by atoms with Crippen LogP contribution in [0.15, 0.2) is 15.3 Å². The van der Waals surface area contributed by atoms with Gasteiger partial charge in [-0.2, -0.15) is 18.2 Å². The second-order valence-corrected chi connectivity index (χ2v) is 10.7. The van der Waals surface area contributed by atoms with Gasteiger partial charge in [-0.15, -0.1) is 0 Å². The number of rotatable bonds is 1. The van der Waals surface area contributed by atoms with Crippen molar-refractivity contribution in [1.29, 1.82) is 0 Å². The van der Waals surface area contributed by atoms with E-state index in [4.69, 9.17) is 4.74 Å². The van der Waals surface area contributed by atoms with Gasteiger partial charge in [0.2, 0.25) is 0 Å². The molecule has 0 unspecified atom stereocenters. The number of carbonyl (C=O) groups is 1. The summed E-state index contributed by atoms with van der Waals surface area (Å²) in [5, 5.41) is 0.189.